The Morgan fingerprint density at radius 2 is 2.31 bits per heavy atom. The molecule has 0 aliphatic heterocycles. The zero-order valence-corrected chi connectivity index (χ0v) is 9.98. The van der Waals surface area contributed by atoms with Gasteiger partial charge < -0.3 is 5.11 Å². The van der Waals surface area contributed by atoms with Crippen LogP contribution < -0.4 is 11.3 Å². The molecule has 0 radical (unpaired) electrons. The second-order valence-corrected chi connectivity index (χ2v) is 4.36. The molecule has 5 heteroatoms. The Balaban J connectivity index is 2.64. The molecule has 0 aromatic carbocycles. The van der Waals surface area contributed by atoms with Gasteiger partial charge in [0.15, 0.2) is 0 Å². The first-order chi connectivity index (χ1) is 7.74. The smallest absolute Gasteiger partial charge is 0.251 e. The lowest BCUT2D eigenvalue weighted by molar-refractivity contribution is -0.129. The van der Waals surface area contributed by atoms with E-state index >= 15 is 0 Å². The summed E-state index contributed by atoms with van der Waals surface area (Å²) in [6, 6.07) is 0.258. The van der Waals surface area contributed by atoms with Crippen molar-refractivity contribution in [3.63, 3.8) is 0 Å². The van der Waals surface area contributed by atoms with Crippen molar-refractivity contribution in [1.29, 1.82) is 0 Å². The fourth-order valence-corrected chi connectivity index (χ4v) is 2.24. The van der Waals surface area contributed by atoms with E-state index in [4.69, 9.17) is 10.9 Å². The van der Waals surface area contributed by atoms with E-state index in [1.54, 1.807) is 0 Å². The molecule has 4 N–H and O–H groups in total. The summed E-state index contributed by atoms with van der Waals surface area (Å²) < 4.78 is 0. The number of aliphatic hydroxyl groups excluding tert-OH is 1. The van der Waals surface area contributed by atoms with E-state index in [1.165, 1.54) is 6.42 Å². The molecule has 1 unspecified atom stereocenters. The van der Waals surface area contributed by atoms with Gasteiger partial charge in [0.25, 0.3) is 5.91 Å². The van der Waals surface area contributed by atoms with Gasteiger partial charge in [-0.25, -0.2) is 5.84 Å². The molecule has 1 amide bonds. The molecular weight excluding hydrogens is 206 g/mol. The van der Waals surface area contributed by atoms with Crippen LogP contribution in [0.5, 0.6) is 0 Å². The van der Waals surface area contributed by atoms with Gasteiger partial charge in [-0.05, 0) is 19.3 Å². The summed E-state index contributed by atoms with van der Waals surface area (Å²) in [4.78, 5) is 13.8. The van der Waals surface area contributed by atoms with E-state index in [0.717, 1.165) is 25.7 Å². The van der Waals surface area contributed by atoms with Crippen molar-refractivity contribution >= 4 is 5.91 Å². The van der Waals surface area contributed by atoms with Crippen LogP contribution in [0.4, 0.5) is 0 Å². The Kier molecular flexibility index (Phi) is 5.73. The molecule has 1 saturated carbocycles. The SMILES string of the molecule is CCCC(C(=O)NN)N(CCO)C1CCC1. The van der Waals surface area contributed by atoms with Crippen molar-refractivity contribution < 1.29 is 9.90 Å². The molecule has 1 aliphatic rings. The maximum absolute atomic E-state index is 11.7. The minimum absolute atomic E-state index is 0.0918. The van der Waals surface area contributed by atoms with Crippen molar-refractivity contribution in [2.45, 2.75) is 51.1 Å². The number of carbonyl (C=O) groups is 1. The van der Waals surface area contributed by atoms with E-state index in [2.05, 4.69) is 17.2 Å². The summed E-state index contributed by atoms with van der Waals surface area (Å²) in [7, 11) is 0. The van der Waals surface area contributed by atoms with Gasteiger partial charge >= 0.3 is 0 Å². The summed E-state index contributed by atoms with van der Waals surface area (Å²) in [5.74, 6) is 5.07. The molecular formula is C11H23N3O2. The quantitative estimate of drug-likeness (QED) is 0.326. The van der Waals surface area contributed by atoms with E-state index in [1.807, 2.05) is 0 Å². The van der Waals surface area contributed by atoms with Crippen LogP contribution >= 0.6 is 0 Å². The molecule has 0 heterocycles. The van der Waals surface area contributed by atoms with Gasteiger partial charge in [-0.3, -0.25) is 15.1 Å². The zero-order chi connectivity index (χ0) is 12.0. The topological polar surface area (TPSA) is 78.6 Å². The Hall–Kier alpha value is -0.650. The number of hydrazine groups is 1. The predicted molar refractivity (Wildman–Crippen MR) is 62.5 cm³/mol. The first-order valence-electron chi connectivity index (χ1n) is 6.11. The molecule has 94 valence electrons. The highest BCUT2D eigenvalue weighted by atomic mass is 16.3. The standard InChI is InChI=1S/C11H23N3O2/c1-2-4-10(11(16)13-12)14(7-8-15)9-5-3-6-9/h9-10,15H,2-8,12H2,1H3,(H,13,16). The second kappa shape index (κ2) is 6.83. The highest BCUT2D eigenvalue weighted by molar-refractivity contribution is 5.81. The van der Waals surface area contributed by atoms with Crippen LogP contribution in [0.3, 0.4) is 0 Å². The number of hydrogen-bond acceptors (Lipinski definition) is 4. The maximum Gasteiger partial charge on any atom is 0.251 e. The van der Waals surface area contributed by atoms with Crippen LogP contribution in [0.2, 0.25) is 0 Å². The van der Waals surface area contributed by atoms with Crippen LogP contribution in [0.15, 0.2) is 0 Å². The zero-order valence-electron chi connectivity index (χ0n) is 9.98. The lowest BCUT2D eigenvalue weighted by Crippen LogP contribution is -2.55. The lowest BCUT2D eigenvalue weighted by atomic mass is 9.89. The fourth-order valence-electron chi connectivity index (χ4n) is 2.24. The Labute approximate surface area is 97.0 Å². The molecule has 1 atom stereocenters. The van der Waals surface area contributed by atoms with Crippen molar-refractivity contribution in [3.05, 3.63) is 0 Å². The average Bonchev–Trinajstić information content (AvgIpc) is 2.22. The molecule has 0 saturated heterocycles. The molecule has 0 bridgehead atoms. The number of nitrogens with two attached hydrogens (primary N) is 1. The van der Waals surface area contributed by atoms with E-state index in [0.29, 0.717) is 12.6 Å². The Bertz CT molecular complexity index is 219. The molecule has 0 aromatic heterocycles. The normalized spacial score (nSPS) is 18.2. The highest BCUT2D eigenvalue weighted by Gasteiger charge is 2.33. The molecule has 5 nitrogen and oxygen atoms in total. The fraction of sp³-hybridized carbons (Fsp3) is 0.909. The average molecular weight is 229 g/mol. The van der Waals surface area contributed by atoms with Crippen molar-refractivity contribution in [1.82, 2.24) is 10.3 Å². The minimum atomic E-state index is -0.188. The molecule has 0 aromatic rings. The van der Waals surface area contributed by atoms with Crippen LogP contribution in [0.1, 0.15) is 39.0 Å². The molecule has 1 fully saturated rings. The van der Waals surface area contributed by atoms with Crippen LogP contribution in [-0.2, 0) is 4.79 Å². The van der Waals surface area contributed by atoms with Crippen LogP contribution in [-0.4, -0.2) is 41.1 Å². The second-order valence-electron chi connectivity index (χ2n) is 4.36. The molecule has 1 aliphatic carbocycles. The summed E-state index contributed by atoms with van der Waals surface area (Å²) in [5, 5.41) is 9.07. The van der Waals surface area contributed by atoms with Gasteiger partial charge in [-0.1, -0.05) is 19.8 Å². The van der Waals surface area contributed by atoms with Crippen molar-refractivity contribution in [2.24, 2.45) is 5.84 Å². The number of carbonyl (C=O) groups excluding carboxylic acids is 1. The van der Waals surface area contributed by atoms with Gasteiger partial charge in [0.05, 0.1) is 12.6 Å². The Morgan fingerprint density at radius 3 is 2.69 bits per heavy atom. The number of rotatable bonds is 7. The van der Waals surface area contributed by atoms with Gasteiger partial charge in [-0.2, -0.15) is 0 Å². The third-order valence-electron chi connectivity index (χ3n) is 3.31. The number of nitrogens with one attached hydrogen (secondary N) is 1. The van der Waals surface area contributed by atoms with Gasteiger partial charge in [0.1, 0.15) is 0 Å². The van der Waals surface area contributed by atoms with Crippen LogP contribution in [0, 0.1) is 0 Å². The van der Waals surface area contributed by atoms with Crippen molar-refractivity contribution in [3.8, 4) is 0 Å². The van der Waals surface area contributed by atoms with Gasteiger partial charge in [0, 0.05) is 12.6 Å². The summed E-state index contributed by atoms with van der Waals surface area (Å²) in [6.45, 7) is 2.70. The number of nitrogens with zero attached hydrogens (tertiary/aromatic N) is 1. The third kappa shape index (κ3) is 3.17. The van der Waals surface area contributed by atoms with Gasteiger partial charge in [0.2, 0.25) is 0 Å². The third-order valence-corrected chi connectivity index (χ3v) is 3.31. The lowest BCUT2D eigenvalue weighted by Gasteiger charge is -2.41. The maximum atomic E-state index is 11.7. The summed E-state index contributed by atoms with van der Waals surface area (Å²) >= 11 is 0. The van der Waals surface area contributed by atoms with E-state index < -0.39 is 0 Å². The minimum Gasteiger partial charge on any atom is -0.395 e. The van der Waals surface area contributed by atoms with E-state index in [-0.39, 0.29) is 18.6 Å². The predicted octanol–water partition coefficient (Wildman–Crippen LogP) is -0.00820. The summed E-state index contributed by atoms with van der Waals surface area (Å²) in [6.07, 6.45) is 5.19. The first-order valence-corrected chi connectivity index (χ1v) is 6.11. The molecule has 1 rings (SSSR count). The molecule has 16 heavy (non-hydrogen) atoms. The number of aliphatic hydroxyl groups is 1. The van der Waals surface area contributed by atoms with Crippen LogP contribution in [0.25, 0.3) is 0 Å². The molecule has 0 spiro atoms. The van der Waals surface area contributed by atoms with E-state index in [9.17, 15) is 4.79 Å². The van der Waals surface area contributed by atoms with Gasteiger partial charge in [-0.15, -0.1) is 0 Å². The monoisotopic (exact) mass is 229 g/mol. The number of hydrogen-bond donors (Lipinski definition) is 3. The summed E-state index contributed by atoms with van der Waals surface area (Å²) in [5.41, 5.74) is 2.23. The van der Waals surface area contributed by atoms with Crippen molar-refractivity contribution in [2.75, 3.05) is 13.2 Å². The first kappa shape index (κ1) is 13.4. The highest BCUT2D eigenvalue weighted by Crippen LogP contribution is 2.27. The Morgan fingerprint density at radius 1 is 1.62 bits per heavy atom. The number of amides is 1. The largest absolute Gasteiger partial charge is 0.395 e.